The van der Waals surface area contributed by atoms with Gasteiger partial charge in [0.1, 0.15) is 6.54 Å². The number of aromatic nitrogens is 2. The minimum absolute atomic E-state index is 0.225. The van der Waals surface area contributed by atoms with E-state index in [-0.39, 0.29) is 12.1 Å². The van der Waals surface area contributed by atoms with Crippen molar-refractivity contribution in [3.05, 3.63) is 65.2 Å². The molecule has 2 aromatic carbocycles. The van der Waals surface area contributed by atoms with Gasteiger partial charge in [0, 0.05) is 0 Å². The maximum atomic E-state index is 12.4. The molecule has 0 amide bonds. The standard InChI is InChI=1S/C18H16N2O4/c1-2-23-15-9-5-6-10-16(15)24-17(21)11-20-12-19-14-8-4-3-7-13(14)18(20)22/h3-10,12H,2,11H2,1H3. The van der Waals surface area contributed by atoms with Gasteiger partial charge >= 0.3 is 5.97 Å². The average molecular weight is 324 g/mol. The van der Waals surface area contributed by atoms with E-state index in [0.29, 0.717) is 29.0 Å². The van der Waals surface area contributed by atoms with Crippen LogP contribution in [0, 0.1) is 0 Å². The molecule has 0 fully saturated rings. The third-order valence-electron chi connectivity index (χ3n) is 3.40. The van der Waals surface area contributed by atoms with Crippen LogP contribution in [0.4, 0.5) is 0 Å². The quantitative estimate of drug-likeness (QED) is 0.532. The SMILES string of the molecule is CCOc1ccccc1OC(=O)Cn1cnc2ccccc2c1=O. The first-order valence-electron chi connectivity index (χ1n) is 7.55. The Labute approximate surface area is 138 Å². The summed E-state index contributed by atoms with van der Waals surface area (Å²) in [7, 11) is 0. The largest absolute Gasteiger partial charge is 0.490 e. The lowest BCUT2D eigenvalue weighted by Crippen LogP contribution is -2.27. The zero-order valence-corrected chi connectivity index (χ0v) is 13.1. The van der Waals surface area contributed by atoms with Crippen molar-refractivity contribution in [1.82, 2.24) is 9.55 Å². The van der Waals surface area contributed by atoms with Crippen molar-refractivity contribution in [2.45, 2.75) is 13.5 Å². The first-order chi connectivity index (χ1) is 11.7. The average Bonchev–Trinajstić information content (AvgIpc) is 2.60. The Morgan fingerprint density at radius 2 is 1.79 bits per heavy atom. The molecule has 3 aromatic rings. The third-order valence-corrected chi connectivity index (χ3v) is 3.40. The van der Waals surface area contributed by atoms with E-state index in [2.05, 4.69) is 4.98 Å². The summed E-state index contributed by atoms with van der Waals surface area (Å²) in [5, 5.41) is 0.461. The Balaban J connectivity index is 1.81. The van der Waals surface area contributed by atoms with Crippen LogP contribution < -0.4 is 15.0 Å². The van der Waals surface area contributed by atoms with Crippen molar-refractivity contribution in [2.24, 2.45) is 0 Å². The fourth-order valence-electron chi connectivity index (χ4n) is 2.32. The number of carbonyl (C=O) groups excluding carboxylic acids is 1. The maximum Gasteiger partial charge on any atom is 0.331 e. The van der Waals surface area contributed by atoms with E-state index in [1.807, 2.05) is 6.92 Å². The van der Waals surface area contributed by atoms with E-state index in [1.165, 1.54) is 10.9 Å². The highest BCUT2D eigenvalue weighted by Gasteiger charge is 2.12. The van der Waals surface area contributed by atoms with Gasteiger partial charge in [0.2, 0.25) is 0 Å². The number of benzene rings is 2. The molecule has 3 rings (SSSR count). The summed E-state index contributed by atoms with van der Waals surface area (Å²) in [4.78, 5) is 28.7. The summed E-state index contributed by atoms with van der Waals surface area (Å²) < 4.78 is 12.0. The Morgan fingerprint density at radius 3 is 2.58 bits per heavy atom. The van der Waals surface area contributed by atoms with E-state index in [4.69, 9.17) is 9.47 Å². The minimum Gasteiger partial charge on any atom is -0.490 e. The predicted molar refractivity (Wildman–Crippen MR) is 89.2 cm³/mol. The van der Waals surface area contributed by atoms with Crippen LogP contribution in [0.3, 0.4) is 0 Å². The number of carbonyl (C=O) groups is 1. The Kier molecular flexibility index (Phi) is 4.56. The van der Waals surface area contributed by atoms with Gasteiger partial charge in [0.15, 0.2) is 11.5 Å². The molecule has 0 N–H and O–H groups in total. The number of nitrogens with zero attached hydrogens (tertiary/aromatic N) is 2. The maximum absolute atomic E-state index is 12.4. The molecule has 122 valence electrons. The summed E-state index contributed by atoms with van der Waals surface area (Å²) in [5.74, 6) is 0.241. The van der Waals surface area contributed by atoms with Crippen LogP contribution in [-0.2, 0) is 11.3 Å². The van der Waals surface area contributed by atoms with Crippen LogP contribution in [0.25, 0.3) is 10.9 Å². The molecule has 0 unspecified atom stereocenters. The zero-order valence-electron chi connectivity index (χ0n) is 13.1. The lowest BCUT2D eigenvalue weighted by Gasteiger charge is -2.11. The number of para-hydroxylation sites is 3. The molecule has 0 aliphatic heterocycles. The number of fused-ring (bicyclic) bond motifs is 1. The molecule has 24 heavy (non-hydrogen) atoms. The zero-order chi connectivity index (χ0) is 16.9. The molecule has 0 saturated heterocycles. The minimum atomic E-state index is -0.568. The normalized spacial score (nSPS) is 10.5. The Morgan fingerprint density at radius 1 is 1.08 bits per heavy atom. The van der Waals surface area contributed by atoms with Gasteiger partial charge < -0.3 is 9.47 Å². The lowest BCUT2D eigenvalue weighted by atomic mass is 10.2. The van der Waals surface area contributed by atoms with Gasteiger partial charge in [0.05, 0.1) is 23.8 Å². The molecule has 1 heterocycles. The monoisotopic (exact) mass is 324 g/mol. The summed E-state index contributed by atoms with van der Waals surface area (Å²) in [6.45, 7) is 2.08. The molecular formula is C18H16N2O4. The van der Waals surface area contributed by atoms with Gasteiger partial charge in [0.25, 0.3) is 5.56 Å². The molecule has 0 bridgehead atoms. The second-order valence-electron chi connectivity index (χ2n) is 5.05. The van der Waals surface area contributed by atoms with Gasteiger partial charge in [-0.2, -0.15) is 0 Å². The fourth-order valence-corrected chi connectivity index (χ4v) is 2.32. The third kappa shape index (κ3) is 3.27. The molecule has 1 aromatic heterocycles. The molecule has 0 aliphatic rings. The van der Waals surface area contributed by atoms with Crippen molar-refractivity contribution < 1.29 is 14.3 Å². The Bertz CT molecular complexity index is 933. The van der Waals surface area contributed by atoms with E-state index >= 15 is 0 Å². The van der Waals surface area contributed by atoms with Crippen LogP contribution in [0.2, 0.25) is 0 Å². The highest BCUT2D eigenvalue weighted by molar-refractivity contribution is 5.78. The molecule has 0 spiro atoms. The van der Waals surface area contributed by atoms with Gasteiger partial charge in [-0.1, -0.05) is 24.3 Å². The predicted octanol–water partition coefficient (Wildman–Crippen LogP) is 2.40. The summed E-state index contributed by atoms with van der Waals surface area (Å²) in [5.41, 5.74) is 0.310. The van der Waals surface area contributed by atoms with Crippen LogP contribution >= 0.6 is 0 Å². The van der Waals surface area contributed by atoms with Crippen molar-refractivity contribution in [3.8, 4) is 11.5 Å². The van der Waals surface area contributed by atoms with E-state index in [1.54, 1.807) is 48.5 Å². The highest BCUT2D eigenvalue weighted by atomic mass is 16.6. The van der Waals surface area contributed by atoms with Gasteiger partial charge in [-0.3, -0.25) is 9.36 Å². The number of esters is 1. The van der Waals surface area contributed by atoms with Crippen molar-refractivity contribution in [3.63, 3.8) is 0 Å². The van der Waals surface area contributed by atoms with Crippen molar-refractivity contribution >= 4 is 16.9 Å². The summed E-state index contributed by atoms with van der Waals surface area (Å²) >= 11 is 0. The number of rotatable bonds is 5. The van der Waals surface area contributed by atoms with E-state index in [0.717, 1.165) is 0 Å². The van der Waals surface area contributed by atoms with Gasteiger partial charge in [-0.25, -0.2) is 9.78 Å². The van der Waals surface area contributed by atoms with Crippen LogP contribution in [0.1, 0.15) is 6.92 Å². The van der Waals surface area contributed by atoms with Crippen LogP contribution in [0.5, 0.6) is 11.5 Å². The van der Waals surface area contributed by atoms with Crippen molar-refractivity contribution in [2.75, 3.05) is 6.61 Å². The molecule has 0 atom stereocenters. The molecule has 0 radical (unpaired) electrons. The molecule has 0 aliphatic carbocycles. The topological polar surface area (TPSA) is 70.4 Å². The van der Waals surface area contributed by atoms with Crippen molar-refractivity contribution in [1.29, 1.82) is 0 Å². The van der Waals surface area contributed by atoms with Crippen LogP contribution in [0.15, 0.2) is 59.7 Å². The first-order valence-corrected chi connectivity index (χ1v) is 7.55. The first kappa shape index (κ1) is 15.7. The lowest BCUT2D eigenvalue weighted by molar-refractivity contribution is -0.135. The molecule has 0 saturated carbocycles. The van der Waals surface area contributed by atoms with Gasteiger partial charge in [-0.05, 0) is 31.2 Å². The number of hydrogen-bond donors (Lipinski definition) is 0. The van der Waals surface area contributed by atoms with E-state index in [9.17, 15) is 9.59 Å². The van der Waals surface area contributed by atoms with Crippen LogP contribution in [-0.4, -0.2) is 22.1 Å². The molecule has 6 heteroatoms. The number of hydrogen-bond acceptors (Lipinski definition) is 5. The van der Waals surface area contributed by atoms with E-state index < -0.39 is 5.97 Å². The number of ether oxygens (including phenoxy) is 2. The molecule has 6 nitrogen and oxygen atoms in total. The fraction of sp³-hybridized carbons (Fsp3) is 0.167. The second-order valence-corrected chi connectivity index (χ2v) is 5.05. The second kappa shape index (κ2) is 6.95. The highest BCUT2D eigenvalue weighted by Crippen LogP contribution is 2.26. The summed E-state index contributed by atoms with van der Waals surface area (Å²) in [6.07, 6.45) is 1.35. The molecular weight excluding hydrogens is 308 g/mol. The smallest absolute Gasteiger partial charge is 0.331 e. The Hall–Kier alpha value is -3.15. The summed E-state index contributed by atoms with van der Waals surface area (Å²) in [6, 6.07) is 13.9. The van der Waals surface area contributed by atoms with Gasteiger partial charge in [-0.15, -0.1) is 0 Å².